The number of aromatic nitrogens is 3. The van der Waals surface area contributed by atoms with Crippen LogP contribution in [0.5, 0.6) is 0 Å². The third-order valence-electron chi connectivity index (χ3n) is 4.23. The Hall–Kier alpha value is -2.83. The summed E-state index contributed by atoms with van der Waals surface area (Å²) >= 11 is 0. The van der Waals surface area contributed by atoms with Gasteiger partial charge >= 0.3 is 5.76 Å². The number of benzene rings is 1. The maximum absolute atomic E-state index is 12.3. The van der Waals surface area contributed by atoms with E-state index in [1.165, 1.54) is 0 Å². The zero-order valence-corrected chi connectivity index (χ0v) is 14.7. The highest BCUT2D eigenvalue weighted by atomic mass is 16.4. The molecule has 25 heavy (non-hydrogen) atoms. The van der Waals surface area contributed by atoms with E-state index in [2.05, 4.69) is 10.4 Å². The molecule has 0 radical (unpaired) electrons. The molecule has 0 unspecified atom stereocenters. The smallest absolute Gasteiger partial charge is 0.408 e. The highest BCUT2D eigenvalue weighted by molar-refractivity contribution is 5.76. The highest BCUT2D eigenvalue weighted by Crippen LogP contribution is 2.12. The summed E-state index contributed by atoms with van der Waals surface area (Å²) in [5, 5.41) is 7.28. The van der Waals surface area contributed by atoms with E-state index in [0.29, 0.717) is 18.5 Å². The number of hydrogen-bond donors (Lipinski definition) is 1. The summed E-state index contributed by atoms with van der Waals surface area (Å²) < 4.78 is 8.48. The maximum Gasteiger partial charge on any atom is 0.420 e. The Labute approximate surface area is 145 Å². The summed E-state index contributed by atoms with van der Waals surface area (Å²) in [5.41, 5.74) is 3.11. The molecule has 2 heterocycles. The van der Waals surface area contributed by atoms with Gasteiger partial charge in [-0.25, -0.2) is 4.79 Å². The number of para-hydroxylation sites is 2. The van der Waals surface area contributed by atoms with E-state index < -0.39 is 5.76 Å². The van der Waals surface area contributed by atoms with Crippen LogP contribution < -0.4 is 11.1 Å². The standard InChI is InChI=1S/C18H22N4O3/c1-4-14(19-17(23)11-22-13(3)9-12(2)20-22)10-21-15-7-5-6-8-16(15)25-18(21)24/h5-9,14H,4,10-11H2,1-3H3,(H,19,23)/t14-/m1/s1. The number of rotatable bonds is 6. The molecule has 1 aromatic carbocycles. The fourth-order valence-electron chi connectivity index (χ4n) is 2.93. The molecule has 7 heteroatoms. The Morgan fingerprint density at radius 1 is 1.32 bits per heavy atom. The lowest BCUT2D eigenvalue weighted by molar-refractivity contribution is -0.122. The first-order valence-electron chi connectivity index (χ1n) is 8.36. The summed E-state index contributed by atoms with van der Waals surface area (Å²) in [6, 6.07) is 9.05. The molecule has 0 saturated carbocycles. The number of fused-ring (bicyclic) bond motifs is 1. The Morgan fingerprint density at radius 3 is 2.76 bits per heavy atom. The van der Waals surface area contributed by atoms with Crippen molar-refractivity contribution in [1.82, 2.24) is 19.7 Å². The minimum Gasteiger partial charge on any atom is -0.408 e. The van der Waals surface area contributed by atoms with Crippen LogP contribution in [-0.2, 0) is 17.9 Å². The molecule has 3 rings (SSSR count). The SMILES string of the molecule is CC[C@H](Cn1c(=O)oc2ccccc21)NC(=O)Cn1nc(C)cc1C. The van der Waals surface area contributed by atoms with E-state index in [1.807, 2.05) is 45.0 Å². The monoisotopic (exact) mass is 342 g/mol. The van der Waals surface area contributed by atoms with Crippen LogP contribution in [-0.4, -0.2) is 26.3 Å². The fraction of sp³-hybridized carbons (Fsp3) is 0.389. The molecule has 132 valence electrons. The van der Waals surface area contributed by atoms with E-state index in [4.69, 9.17) is 4.42 Å². The van der Waals surface area contributed by atoms with Crippen LogP contribution in [0.25, 0.3) is 11.1 Å². The quantitative estimate of drug-likeness (QED) is 0.743. The molecular formula is C18H22N4O3. The minimum atomic E-state index is -0.410. The van der Waals surface area contributed by atoms with Crippen LogP contribution in [0.15, 0.2) is 39.5 Å². The van der Waals surface area contributed by atoms with Gasteiger partial charge in [0.2, 0.25) is 5.91 Å². The molecule has 0 aliphatic rings. The zero-order chi connectivity index (χ0) is 18.0. The molecular weight excluding hydrogens is 320 g/mol. The van der Waals surface area contributed by atoms with Crippen molar-refractivity contribution in [2.45, 2.75) is 46.3 Å². The van der Waals surface area contributed by atoms with E-state index in [9.17, 15) is 9.59 Å². The predicted octanol–water partition coefficient (Wildman–Crippen LogP) is 2.00. The molecule has 1 N–H and O–H groups in total. The van der Waals surface area contributed by atoms with Gasteiger partial charge in [-0.05, 0) is 38.5 Å². The van der Waals surface area contributed by atoms with Gasteiger partial charge in [0.05, 0.1) is 11.2 Å². The molecule has 3 aromatic rings. The number of aryl methyl sites for hydroxylation is 2. The average molecular weight is 342 g/mol. The summed E-state index contributed by atoms with van der Waals surface area (Å²) in [6.07, 6.45) is 0.703. The van der Waals surface area contributed by atoms with E-state index in [1.54, 1.807) is 15.3 Å². The average Bonchev–Trinajstić information content (AvgIpc) is 3.05. The van der Waals surface area contributed by atoms with Crippen LogP contribution >= 0.6 is 0 Å². The topological polar surface area (TPSA) is 82.1 Å². The van der Waals surface area contributed by atoms with Gasteiger partial charge in [0.1, 0.15) is 6.54 Å². The van der Waals surface area contributed by atoms with Gasteiger partial charge in [-0.1, -0.05) is 19.1 Å². The Kier molecular flexibility index (Phi) is 4.74. The van der Waals surface area contributed by atoms with Crippen LogP contribution in [0.3, 0.4) is 0 Å². The Balaban J connectivity index is 1.72. The van der Waals surface area contributed by atoms with Gasteiger partial charge < -0.3 is 9.73 Å². The van der Waals surface area contributed by atoms with Gasteiger partial charge in [-0.2, -0.15) is 5.10 Å². The molecule has 7 nitrogen and oxygen atoms in total. The zero-order valence-electron chi connectivity index (χ0n) is 14.7. The summed E-state index contributed by atoms with van der Waals surface area (Å²) in [4.78, 5) is 24.4. The summed E-state index contributed by atoms with van der Waals surface area (Å²) in [7, 11) is 0. The van der Waals surface area contributed by atoms with Crippen LogP contribution in [0.4, 0.5) is 0 Å². The van der Waals surface area contributed by atoms with Crippen molar-refractivity contribution in [3.05, 3.63) is 52.3 Å². The van der Waals surface area contributed by atoms with Gasteiger partial charge in [0.15, 0.2) is 5.58 Å². The number of hydrogen-bond acceptors (Lipinski definition) is 4. The summed E-state index contributed by atoms with van der Waals surface area (Å²) in [6.45, 7) is 6.32. The first-order chi connectivity index (χ1) is 12.0. The van der Waals surface area contributed by atoms with Crippen molar-refractivity contribution in [3.8, 4) is 0 Å². The third-order valence-corrected chi connectivity index (χ3v) is 4.23. The number of amides is 1. The Morgan fingerprint density at radius 2 is 2.08 bits per heavy atom. The lowest BCUT2D eigenvalue weighted by Crippen LogP contribution is -2.40. The number of carbonyl (C=O) groups is 1. The van der Waals surface area contributed by atoms with Crippen molar-refractivity contribution in [2.75, 3.05) is 0 Å². The van der Waals surface area contributed by atoms with Crippen molar-refractivity contribution in [2.24, 2.45) is 0 Å². The molecule has 1 atom stereocenters. The van der Waals surface area contributed by atoms with Gasteiger partial charge in [0.25, 0.3) is 0 Å². The van der Waals surface area contributed by atoms with Crippen LogP contribution in [0.2, 0.25) is 0 Å². The van der Waals surface area contributed by atoms with E-state index in [-0.39, 0.29) is 18.5 Å². The van der Waals surface area contributed by atoms with Gasteiger partial charge in [0, 0.05) is 18.3 Å². The number of nitrogens with zero attached hydrogens (tertiary/aromatic N) is 3. The molecule has 0 fully saturated rings. The number of oxazole rings is 1. The molecule has 0 bridgehead atoms. The second-order valence-electron chi connectivity index (χ2n) is 6.20. The van der Waals surface area contributed by atoms with E-state index in [0.717, 1.165) is 16.9 Å². The van der Waals surface area contributed by atoms with Crippen molar-refractivity contribution in [1.29, 1.82) is 0 Å². The Bertz CT molecular complexity index is 951. The molecule has 0 saturated heterocycles. The highest BCUT2D eigenvalue weighted by Gasteiger charge is 2.16. The van der Waals surface area contributed by atoms with Crippen molar-refractivity contribution >= 4 is 17.0 Å². The number of nitrogens with one attached hydrogen (secondary N) is 1. The molecule has 0 aliphatic carbocycles. The minimum absolute atomic E-state index is 0.126. The summed E-state index contributed by atoms with van der Waals surface area (Å²) in [5.74, 6) is -0.536. The second kappa shape index (κ2) is 6.96. The van der Waals surface area contributed by atoms with Crippen LogP contribution in [0, 0.1) is 13.8 Å². The lowest BCUT2D eigenvalue weighted by atomic mass is 10.2. The molecule has 0 spiro atoms. The van der Waals surface area contributed by atoms with Crippen LogP contribution in [0.1, 0.15) is 24.7 Å². The molecule has 1 amide bonds. The fourth-order valence-corrected chi connectivity index (χ4v) is 2.93. The van der Waals surface area contributed by atoms with Crippen molar-refractivity contribution < 1.29 is 9.21 Å². The third kappa shape index (κ3) is 3.65. The van der Waals surface area contributed by atoms with Gasteiger partial charge in [-0.3, -0.25) is 14.0 Å². The normalized spacial score (nSPS) is 12.4. The second-order valence-corrected chi connectivity index (χ2v) is 6.20. The maximum atomic E-state index is 12.3. The van der Waals surface area contributed by atoms with E-state index >= 15 is 0 Å². The first kappa shape index (κ1) is 17.0. The predicted molar refractivity (Wildman–Crippen MR) is 94.4 cm³/mol. The van der Waals surface area contributed by atoms with Crippen molar-refractivity contribution in [3.63, 3.8) is 0 Å². The molecule has 2 aromatic heterocycles. The lowest BCUT2D eigenvalue weighted by Gasteiger charge is -2.17. The molecule has 0 aliphatic heterocycles. The van der Waals surface area contributed by atoms with Gasteiger partial charge in [-0.15, -0.1) is 0 Å². The number of carbonyl (C=O) groups excluding carboxylic acids is 1. The first-order valence-corrected chi connectivity index (χ1v) is 8.36. The largest absolute Gasteiger partial charge is 0.420 e.